The predicted octanol–water partition coefficient (Wildman–Crippen LogP) is 3.26. The number of aromatic nitrogens is 3. The van der Waals surface area contributed by atoms with Crippen molar-refractivity contribution in [3.05, 3.63) is 48.2 Å². The van der Waals surface area contributed by atoms with Gasteiger partial charge in [0.2, 0.25) is 0 Å². The zero-order chi connectivity index (χ0) is 18.2. The lowest BCUT2D eigenvalue weighted by molar-refractivity contribution is 0.102. The van der Waals surface area contributed by atoms with Gasteiger partial charge >= 0.3 is 0 Å². The Bertz CT molecular complexity index is 1130. The standard InChI is InChI=1S/C19H17N5O2S/c25-18(17-13-3-1-2-4-14(13)22-23-17)20-12-5-6-15-16(11-12)27-19(21-15)24-7-9-26-10-8-24/h1-6,11H,7-10H2,(H,20,25)(H,22,23). The number of rotatable bonds is 3. The summed E-state index contributed by atoms with van der Waals surface area (Å²) in [5.41, 5.74) is 2.90. The molecule has 0 aliphatic carbocycles. The van der Waals surface area contributed by atoms with Crippen LogP contribution >= 0.6 is 11.3 Å². The number of nitrogens with zero attached hydrogens (tertiary/aromatic N) is 3. The normalized spacial score (nSPS) is 14.7. The maximum atomic E-state index is 12.6. The number of fused-ring (bicyclic) bond motifs is 2. The van der Waals surface area contributed by atoms with Crippen LogP contribution in [0.3, 0.4) is 0 Å². The number of aromatic amines is 1. The second kappa shape index (κ2) is 6.64. The number of para-hydroxylation sites is 1. The van der Waals surface area contributed by atoms with E-state index in [0.29, 0.717) is 5.69 Å². The van der Waals surface area contributed by atoms with Gasteiger partial charge in [-0.3, -0.25) is 9.89 Å². The Morgan fingerprint density at radius 3 is 2.93 bits per heavy atom. The topological polar surface area (TPSA) is 83.1 Å². The van der Waals surface area contributed by atoms with E-state index in [9.17, 15) is 4.79 Å². The second-order valence-corrected chi connectivity index (χ2v) is 7.36. The van der Waals surface area contributed by atoms with Crippen molar-refractivity contribution in [2.75, 3.05) is 36.5 Å². The molecule has 0 spiro atoms. The minimum atomic E-state index is -0.232. The van der Waals surface area contributed by atoms with Crippen LogP contribution in [-0.2, 0) is 4.74 Å². The summed E-state index contributed by atoms with van der Waals surface area (Å²) in [6, 6.07) is 13.4. The highest BCUT2D eigenvalue weighted by atomic mass is 32.1. The molecule has 1 saturated heterocycles. The van der Waals surface area contributed by atoms with Crippen LogP contribution in [0, 0.1) is 0 Å². The van der Waals surface area contributed by atoms with E-state index in [1.165, 1.54) is 0 Å². The summed E-state index contributed by atoms with van der Waals surface area (Å²) < 4.78 is 6.45. The van der Waals surface area contributed by atoms with Crippen molar-refractivity contribution in [3.63, 3.8) is 0 Å². The van der Waals surface area contributed by atoms with Crippen molar-refractivity contribution in [2.45, 2.75) is 0 Å². The van der Waals surface area contributed by atoms with Crippen LogP contribution in [0.25, 0.3) is 21.1 Å². The third kappa shape index (κ3) is 3.02. The summed E-state index contributed by atoms with van der Waals surface area (Å²) in [5.74, 6) is -0.232. The van der Waals surface area contributed by atoms with Crippen molar-refractivity contribution < 1.29 is 9.53 Å². The molecule has 2 N–H and O–H groups in total. The first-order chi connectivity index (χ1) is 13.3. The van der Waals surface area contributed by atoms with E-state index in [2.05, 4.69) is 20.4 Å². The Kier molecular flexibility index (Phi) is 3.99. The van der Waals surface area contributed by atoms with E-state index < -0.39 is 0 Å². The second-order valence-electron chi connectivity index (χ2n) is 6.35. The van der Waals surface area contributed by atoms with E-state index in [1.807, 2.05) is 42.5 Å². The molecule has 7 nitrogen and oxygen atoms in total. The monoisotopic (exact) mass is 379 g/mol. The first-order valence-electron chi connectivity index (χ1n) is 8.76. The molecule has 1 aliphatic heterocycles. The molecule has 5 rings (SSSR count). The Labute approximate surface area is 159 Å². The predicted molar refractivity (Wildman–Crippen MR) is 107 cm³/mol. The molecule has 0 bridgehead atoms. The SMILES string of the molecule is O=C(Nc1ccc2nc(N3CCOCC3)sc2c1)c1n[nH]c2ccccc12. The maximum absolute atomic E-state index is 12.6. The summed E-state index contributed by atoms with van der Waals surface area (Å²) in [6.45, 7) is 3.18. The molecule has 1 aliphatic rings. The van der Waals surface area contributed by atoms with Crippen molar-refractivity contribution in [2.24, 2.45) is 0 Å². The van der Waals surface area contributed by atoms with Gasteiger partial charge in [0.05, 0.1) is 28.9 Å². The van der Waals surface area contributed by atoms with E-state index in [1.54, 1.807) is 11.3 Å². The van der Waals surface area contributed by atoms with E-state index in [4.69, 9.17) is 9.72 Å². The van der Waals surface area contributed by atoms with Gasteiger partial charge in [0.15, 0.2) is 10.8 Å². The van der Waals surface area contributed by atoms with Gasteiger partial charge in [0.1, 0.15) is 0 Å². The van der Waals surface area contributed by atoms with Crippen LogP contribution < -0.4 is 10.2 Å². The number of nitrogens with one attached hydrogen (secondary N) is 2. The molecule has 3 heterocycles. The minimum Gasteiger partial charge on any atom is -0.378 e. The molecular weight excluding hydrogens is 362 g/mol. The number of carbonyl (C=O) groups excluding carboxylic acids is 1. The van der Waals surface area contributed by atoms with E-state index in [-0.39, 0.29) is 5.91 Å². The van der Waals surface area contributed by atoms with Crippen LogP contribution in [0.15, 0.2) is 42.5 Å². The third-order valence-corrected chi connectivity index (χ3v) is 5.68. The summed E-state index contributed by atoms with van der Waals surface area (Å²) in [5, 5.41) is 11.8. The molecule has 0 atom stereocenters. The van der Waals surface area contributed by atoms with Gasteiger partial charge in [-0.1, -0.05) is 29.5 Å². The lowest BCUT2D eigenvalue weighted by Gasteiger charge is -2.25. The van der Waals surface area contributed by atoms with Crippen LogP contribution in [0.2, 0.25) is 0 Å². The number of hydrogen-bond donors (Lipinski definition) is 2. The highest BCUT2D eigenvalue weighted by molar-refractivity contribution is 7.22. The summed E-state index contributed by atoms with van der Waals surface area (Å²) in [7, 11) is 0. The lowest BCUT2D eigenvalue weighted by Crippen LogP contribution is -2.36. The lowest BCUT2D eigenvalue weighted by atomic mass is 10.2. The van der Waals surface area contributed by atoms with Crippen molar-refractivity contribution in [1.82, 2.24) is 15.2 Å². The molecule has 0 saturated carbocycles. The van der Waals surface area contributed by atoms with Gasteiger partial charge < -0.3 is 15.0 Å². The molecule has 1 amide bonds. The van der Waals surface area contributed by atoms with Crippen LogP contribution in [0.4, 0.5) is 10.8 Å². The van der Waals surface area contributed by atoms with Crippen molar-refractivity contribution in [3.8, 4) is 0 Å². The Morgan fingerprint density at radius 2 is 2.04 bits per heavy atom. The Hall–Kier alpha value is -2.97. The highest BCUT2D eigenvalue weighted by Crippen LogP contribution is 2.31. The average molecular weight is 379 g/mol. The number of amides is 1. The molecule has 0 unspecified atom stereocenters. The number of benzene rings is 2. The molecule has 1 fully saturated rings. The van der Waals surface area contributed by atoms with E-state index >= 15 is 0 Å². The average Bonchev–Trinajstić information content (AvgIpc) is 3.32. The third-order valence-electron chi connectivity index (χ3n) is 4.60. The minimum absolute atomic E-state index is 0.232. The molecule has 8 heteroatoms. The summed E-state index contributed by atoms with van der Waals surface area (Å²) in [6.07, 6.45) is 0. The number of ether oxygens (including phenoxy) is 1. The highest BCUT2D eigenvalue weighted by Gasteiger charge is 2.17. The molecule has 2 aromatic carbocycles. The van der Waals surface area contributed by atoms with Crippen LogP contribution in [-0.4, -0.2) is 47.4 Å². The first-order valence-corrected chi connectivity index (χ1v) is 9.57. The quantitative estimate of drug-likeness (QED) is 0.571. The van der Waals surface area contributed by atoms with Crippen LogP contribution in [0.1, 0.15) is 10.5 Å². The Balaban J connectivity index is 1.40. The number of thiazole rings is 1. The number of anilines is 2. The fourth-order valence-electron chi connectivity index (χ4n) is 3.21. The van der Waals surface area contributed by atoms with Crippen molar-refractivity contribution in [1.29, 1.82) is 0 Å². The molecule has 136 valence electrons. The van der Waals surface area contributed by atoms with Gasteiger partial charge in [-0.05, 0) is 24.3 Å². The number of hydrogen-bond acceptors (Lipinski definition) is 6. The molecule has 27 heavy (non-hydrogen) atoms. The number of H-pyrrole nitrogens is 1. The van der Waals surface area contributed by atoms with Gasteiger partial charge in [0, 0.05) is 24.2 Å². The van der Waals surface area contributed by atoms with Crippen molar-refractivity contribution >= 4 is 49.2 Å². The largest absolute Gasteiger partial charge is 0.378 e. The number of morpholine rings is 1. The summed E-state index contributed by atoms with van der Waals surface area (Å²) >= 11 is 1.63. The molecule has 2 aromatic heterocycles. The zero-order valence-electron chi connectivity index (χ0n) is 14.4. The fourth-order valence-corrected chi connectivity index (χ4v) is 4.26. The zero-order valence-corrected chi connectivity index (χ0v) is 15.3. The molecule has 4 aromatic rings. The molecule has 0 radical (unpaired) electrons. The maximum Gasteiger partial charge on any atom is 0.276 e. The first kappa shape index (κ1) is 16.2. The smallest absolute Gasteiger partial charge is 0.276 e. The number of carbonyl (C=O) groups is 1. The van der Waals surface area contributed by atoms with E-state index in [0.717, 1.165) is 58.2 Å². The van der Waals surface area contributed by atoms with Gasteiger partial charge in [-0.15, -0.1) is 0 Å². The van der Waals surface area contributed by atoms with Gasteiger partial charge in [0.25, 0.3) is 5.91 Å². The van der Waals surface area contributed by atoms with Crippen LogP contribution in [0.5, 0.6) is 0 Å². The Morgan fingerprint density at radius 1 is 1.19 bits per heavy atom. The fraction of sp³-hybridized carbons (Fsp3) is 0.211. The molecular formula is C19H17N5O2S. The summed E-state index contributed by atoms with van der Waals surface area (Å²) in [4.78, 5) is 19.6. The van der Waals surface area contributed by atoms with Gasteiger partial charge in [-0.2, -0.15) is 5.10 Å². The van der Waals surface area contributed by atoms with Gasteiger partial charge in [-0.25, -0.2) is 4.98 Å².